The molecule has 124 valence electrons. The number of ether oxygens (including phenoxy) is 1. The molecule has 1 atom stereocenters. The molecule has 0 aromatic rings. The Labute approximate surface area is 123 Å². The van der Waals surface area contributed by atoms with E-state index in [1.807, 2.05) is 0 Å². The van der Waals surface area contributed by atoms with Crippen LogP contribution in [0.3, 0.4) is 0 Å². The number of carbonyl (C=O) groups is 1. The van der Waals surface area contributed by atoms with E-state index in [1.54, 1.807) is 6.92 Å². The smallest absolute Gasteiger partial charge is 0.381 e. The molecular weight excluding hydrogens is 285 g/mol. The number of nitrogens with one attached hydrogen (secondary N) is 1. The second-order valence-electron chi connectivity index (χ2n) is 5.90. The van der Waals surface area contributed by atoms with Crippen molar-refractivity contribution in [2.24, 2.45) is 5.73 Å². The van der Waals surface area contributed by atoms with Gasteiger partial charge in [-0.1, -0.05) is 0 Å². The number of nitrogens with two attached hydrogens (primary N) is 1. The minimum absolute atomic E-state index is 0.00820. The molecule has 1 aliphatic rings. The van der Waals surface area contributed by atoms with Gasteiger partial charge in [-0.05, 0) is 45.4 Å². The summed E-state index contributed by atoms with van der Waals surface area (Å²) in [5.74, 6) is -0.361. The predicted octanol–water partition coefficient (Wildman–Crippen LogP) is 2.51. The molecular formula is C14H25F3N2O2. The molecule has 1 aliphatic carbocycles. The van der Waals surface area contributed by atoms with Crippen molar-refractivity contribution in [1.29, 1.82) is 0 Å². The summed E-state index contributed by atoms with van der Waals surface area (Å²) in [6.07, 6.45) is -0.703. The van der Waals surface area contributed by atoms with Crippen molar-refractivity contribution in [3.63, 3.8) is 0 Å². The summed E-state index contributed by atoms with van der Waals surface area (Å²) in [5, 5.41) is 3.25. The first-order chi connectivity index (χ1) is 9.73. The molecule has 4 nitrogen and oxygen atoms in total. The Kier molecular flexibility index (Phi) is 6.93. The molecule has 7 heteroatoms. The Morgan fingerprint density at radius 3 is 2.33 bits per heavy atom. The van der Waals surface area contributed by atoms with Crippen molar-refractivity contribution in [2.75, 3.05) is 13.2 Å². The van der Waals surface area contributed by atoms with Gasteiger partial charge in [-0.25, -0.2) is 0 Å². The Bertz CT molecular complexity index is 333. The van der Waals surface area contributed by atoms with Crippen LogP contribution < -0.4 is 11.1 Å². The van der Waals surface area contributed by atoms with E-state index in [-0.39, 0.29) is 18.9 Å². The lowest BCUT2D eigenvalue weighted by molar-refractivity contribution is -0.137. The monoisotopic (exact) mass is 310 g/mol. The summed E-state index contributed by atoms with van der Waals surface area (Å²) in [6, 6.07) is 0.390. The largest absolute Gasteiger partial charge is 0.389 e. The molecule has 1 amide bonds. The van der Waals surface area contributed by atoms with Gasteiger partial charge >= 0.3 is 6.18 Å². The van der Waals surface area contributed by atoms with Gasteiger partial charge in [-0.2, -0.15) is 13.2 Å². The second-order valence-corrected chi connectivity index (χ2v) is 5.90. The maximum absolute atomic E-state index is 11.9. The number of alkyl halides is 3. The fourth-order valence-corrected chi connectivity index (χ4v) is 2.10. The molecule has 1 saturated carbocycles. The van der Waals surface area contributed by atoms with Gasteiger partial charge in [0.1, 0.15) is 0 Å². The van der Waals surface area contributed by atoms with Gasteiger partial charge in [-0.15, -0.1) is 0 Å². The number of hydrogen-bond acceptors (Lipinski definition) is 3. The van der Waals surface area contributed by atoms with Crippen LogP contribution in [0.1, 0.15) is 51.9 Å². The van der Waals surface area contributed by atoms with Crippen LogP contribution in [0.15, 0.2) is 0 Å². The molecule has 3 N–H and O–H groups in total. The Morgan fingerprint density at radius 1 is 1.19 bits per heavy atom. The van der Waals surface area contributed by atoms with Crippen molar-refractivity contribution in [3.8, 4) is 0 Å². The third-order valence-electron chi connectivity index (χ3n) is 3.61. The fraction of sp³-hybridized carbons (Fsp3) is 0.929. The lowest BCUT2D eigenvalue weighted by atomic mass is 9.94. The molecule has 0 saturated heterocycles. The summed E-state index contributed by atoms with van der Waals surface area (Å²) in [4.78, 5) is 11.5. The SMILES string of the molecule is CC(CCCCOCCCC(F)(F)F)(NC1CC1)C(N)=O. The van der Waals surface area contributed by atoms with Gasteiger partial charge in [0.15, 0.2) is 0 Å². The lowest BCUT2D eigenvalue weighted by Gasteiger charge is -2.27. The first kappa shape index (κ1) is 18.2. The summed E-state index contributed by atoms with van der Waals surface area (Å²) in [7, 11) is 0. The number of hydrogen-bond donors (Lipinski definition) is 2. The molecule has 0 heterocycles. The highest BCUT2D eigenvalue weighted by molar-refractivity contribution is 5.84. The minimum Gasteiger partial charge on any atom is -0.381 e. The molecule has 0 aromatic heterocycles. The van der Waals surface area contributed by atoms with Crippen LogP contribution >= 0.6 is 0 Å². The van der Waals surface area contributed by atoms with Gasteiger partial charge in [0.05, 0.1) is 5.54 Å². The van der Waals surface area contributed by atoms with Crippen LogP contribution in [-0.4, -0.2) is 36.9 Å². The van der Waals surface area contributed by atoms with Crippen molar-refractivity contribution in [2.45, 2.75) is 69.6 Å². The van der Waals surface area contributed by atoms with E-state index in [2.05, 4.69) is 5.32 Å². The number of halogens is 3. The average Bonchev–Trinajstić information content (AvgIpc) is 3.14. The van der Waals surface area contributed by atoms with E-state index >= 15 is 0 Å². The lowest BCUT2D eigenvalue weighted by Crippen LogP contribution is -2.53. The molecule has 1 rings (SSSR count). The van der Waals surface area contributed by atoms with Crippen LogP contribution in [0, 0.1) is 0 Å². The van der Waals surface area contributed by atoms with E-state index in [1.165, 1.54) is 0 Å². The molecule has 1 unspecified atom stereocenters. The zero-order valence-corrected chi connectivity index (χ0v) is 12.5. The number of unbranched alkanes of at least 4 members (excludes halogenated alkanes) is 1. The highest BCUT2D eigenvalue weighted by Gasteiger charge is 2.36. The van der Waals surface area contributed by atoms with Crippen LogP contribution in [0.25, 0.3) is 0 Å². The Hall–Kier alpha value is -0.820. The highest BCUT2D eigenvalue weighted by Crippen LogP contribution is 2.25. The van der Waals surface area contributed by atoms with Crippen LogP contribution in [0.2, 0.25) is 0 Å². The van der Waals surface area contributed by atoms with E-state index < -0.39 is 18.1 Å². The maximum Gasteiger partial charge on any atom is 0.389 e. The number of amides is 1. The summed E-state index contributed by atoms with van der Waals surface area (Å²) in [5.41, 5.74) is 4.73. The minimum atomic E-state index is -4.11. The molecule has 0 bridgehead atoms. The quantitative estimate of drug-likeness (QED) is 0.576. The topological polar surface area (TPSA) is 64.3 Å². The Balaban J connectivity index is 2.05. The molecule has 1 fully saturated rings. The van der Waals surface area contributed by atoms with Gasteiger partial charge < -0.3 is 15.8 Å². The normalized spacial score (nSPS) is 18.5. The first-order valence-electron chi connectivity index (χ1n) is 7.45. The van der Waals surface area contributed by atoms with Crippen LogP contribution in [-0.2, 0) is 9.53 Å². The number of rotatable bonds is 11. The van der Waals surface area contributed by atoms with E-state index in [4.69, 9.17) is 10.5 Å². The summed E-state index contributed by atoms with van der Waals surface area (Å²) in [6.45, 7) is 2.33. The van der Waals surface area contributed by atoms with Crippen molar-refractivity contribution < 1.29 is 22.7 Å². The first-order valence-corrected chi connectivity index (χ1v) is 7.45. The van der Waals surface area contributed by atoms with E-state index in [9.17, 15) is 18.0 Å². The van der Waals surface area contributed by atoms with Crippen molar-refractivity contribution in [3.05, 3.63) is 0 Å². The third-order valence-corrected chi connectivity index (χ3v) is 3.61. The molecule has 0 radical (unpaired) electrons. The highest BCUT2D eigenvalue weighted by atomic mass is 19.4. The molecule has 21 heavy (non-hydrogen) atoms. The van der Waals surface area contributed by atoms with Crippen molar-refractivity contribution in [1.82, 2.24) is 5.32 Å². The van der Waals surface area contributed by atoms with Gasteiger partial charge in [0.25, 0.3) is 0 Å². The van der Waals surface area contributed by atoms with E-state index in [0.29, 0.717) is 25.5 Å². The third kappa shape index (κ3) is 8.26. The van der Waals surface area contributed by atoms with Gasteiger partial charge in [0, 0.05) is 25.7 Å². The van der Waals surface area contributed by atoms with Gasteiger partial charge in [0.2, 0.25) is 5.91 Å². The molecule has 0 aliphatic heterocycles. The molecule has 0 spiro atoms. The standard InChI is InChI=1S/C14H25F3N2O2/c1-13(12(18)20,19-11-5-6-11)7-2-3-9-21-10-4-8-14(15,16)17/h11,19H,2-10H2,1H3,(H2,18,20). The van der Waals surface area contributed by atoms with Crippen LogP contribution in [0.5, 0.6) is 0 Å². The number of primary amides is 1. The average molecular weight is 310 g/mol. The maximum atomic E-state index is 11.9. The zero-order valence-electron chi connectivity index (χ0n) is 12.5. The summed E-state index contributed by atoms with van der Waals surface area (Å²) < 4.78 is 40.8. The van der Waals surface area contributed by atoms with Gasteiger partial charge in [-0.3, -0.25) is 4.79 Å². The Morgan fingerprint density at radius 2 is 1.81 bits per heavy atom. The zero-order chi connectivity index (χ0) is 15.9. The number of carbonyl (C=O) groups excluding carboxylic acids is 1. The van der Waals surface area contributed by atoms with Crippen molar-refractivity contribution >= 4 is 5.91 Å². The van der Waals surface area contributed by atoms with Crippen LogP contribution in [0.4, 0.5) is 13.2 Å². The predicted molar refractivity (Wildman–Crippen MR) is 73.7 cm³/mol. The fourth-order valence-electron chi connectivity index (χ4n) is 2.10. The van der Waals surface area contributed by atoms with E-state index in [0.717, 1.165) is 19.3 Å². The molecule has 0 aromatic carbocycles. The summed E-state index contributed by atoms with van der Waals surface area (Å²) >= 11 is 0. The second kappa shape index (κ2) is 7.98.